The molecule has 7 heterocycles. The van der Waals surface area contributed by atoms with Crippen molar-refractivity contribution in [2.45, 2.75) is 0 Å². The standard InChI is InChI=1S/C93H56BN7/c1-3-25-57(26-4-1)60-41-23-43-74-66-33-9-7-29-62(66)64-31-11-13-39-72(64)86-82(98-78-45-19-15-35-68(78)69-36-16-20-46-79(69)98)51-49-76-91(86)100(89(60)74)84-53-59(93-96-55-95-56-97-93)54-85-88(84)94(76)77-50-52-83(99-80-47-21-17-37-70(80)71-38-18-22-48-81(71)99)87-73-40-14-12-32-65(73)63-30-8-10-34-67(63)75-44-24-42-61(58-27-5-2-6-28-58)90(75)101(85)92(77)87/h1-56H/i15D,16D,17D,18D,19D,20D,21D,22D,35D,36D,37D,38D,45D,46D,47D,48D,49D,50D,51D,52D,53D,54D. The monoisotopic (exact) mass is 1300 g/mol. The van der Waals surface area contributed by atoms with E-state index in [1.54, 1.807) is 24.3 Å². The van der Waals surface area contributed by atoms with E-state index in [4.69, 9.17) is 9.97 Å². The van der Waals surface area contributed by atoms with Crippen molar-refractivity contribution in [3.8, 4) is 56.4 Å². The van der Waals surface area contributed by atoms with E-state index in [1.807, 2.05) is 179 Å². The molecule has 5 aromatic heterocycles. The maximum absolute atomic E-state index is 11.8. The van der Waals surface area contributed by atoms with Crippen LogP contribution in [0.3, 0.4) is 0 Å². The van der Waals surface area contributed by atoms with Crippen LogP contribution in [0.2, 0.25) is 0 Å². The zero-order valence-corrected chi connectivity index (χ0v) is 52.8. The summed E-state index contributed by atoms with van der Waals surface area (Å²) in [6, 6.07) is 44.8. The van der Waals surface area contributed by atoms with E-state index in [0.29, 0.717) is 76.4 Å². The van der Waals surface area contributed by atoms with Crippen molar-refractivity contribution >= 4 is 153 Å². The largest absolute Gasteiger partial charge is 0.309 e. The molecule has 2 aliphatic heterocycles. The van der Waals surface area contributed by atoms with Crippen LogP contribution >= 0.6 is 0 Å². The van der Waals surface area contributed by atoms with Gasteiger partial charge in [0.05, 0.1) is 85.7 Å². The van der Waals surface area contributed by atoms with Crippen LogP contribution in [-0.2, 0) is 0 Å². The first-order valence-electron chi connectivity index (χ1n) is 43.9. The quantitative estimate of drug-likeness (QED) is 0.161. The van der Waals surface area contributed by atoms with Gasteiger partial charge < -0.3 is 18.3 Å². The molecule has 0 aliphatic carbocycles. The summed E-state index contributed by atoms with van der Waals surface area (Å²) < 4.78 is 232. The zero-order valence-electron chi connectivity index (χ0n) is 74.8. The first kappa shape index (κ1) is 38.5. The number of hydrogen-bond acceptors (Lipinski definition) is 3. The number of para-hydroxylation sites is 6. The van der Waals surface area contributed by atoms with Crippen LogP contribution in [0.5, 0.6) is 0 Å². The third-order valence-corrected chi connectivity index (χ3v) is 20.2. The summed E-state index contributed by atoms with van der Waals surface area (Å²) in [7, 11) is 0. The van der Waals surface area contributed by atoms with E-state index in [-0.39, 0.29) is 105 Å². The lowest BCUT2D eigenvalue weighted by Crippen LogP contribution is -2.60. The highest BCUT2D eigenvalue weighted by Crippen LogP contribution is 2.48. The second kappa shape index (κ2) is 21.5. The molecule has 8 heteroatoms. The molecule has 0 bridgehead atoms. The third-order valence-electron chi connectivity index (χ3n) is 20.2. The van der Waals surface area contributed by atoms with Gasteiger partial charge in [0.1, 0.15) is 12.7 Å². The summed E-state index contributed by atoms with van der Waals surface area (Å²) in [5.41, 5.74) is 0.0839. The molecule has 0 fully saturated rings. The average molecular weight is 1300 g/mol. The normalized spacial score (nSPS) is 15.4. The molecule has 0 spiro atoms. The number of benzene rings is 15. The van der Waals surface area contributed by atoms with Crippen molar-refractivity contribution < 1.29 is 30.2 Å². The third kappa shape index (κ3) is 7.87. The lowest BCUT2D eigenvalue weighted by atomic mass is 9.34. The molecule has 0 N–H and O–H groups in total. The van der Waals surface area contributed by atoms with Crippen molar-refractivity contribution in [3.05, 3.63) is 340 Å². The van der Waals surface area contributed by atoms with Crippen LogP contribution in [-0.4, -0.2) is 39.9 Å². The molecule has 2 aliphatic rings. The molecule has 20 aromatic rings. The molecule has 0 unspecified atom stereocenters. The Morgan fingerprint density at radius 3 is 1.00 bits per heavy atom. The average Bonchev–Trinajstić information content (AvgIpc) is 1.62. The molecule has 0 radical (unpaired) electrons. The molecule has 0 amide bonds. The Hall–Kier alpha value is -13.4. The molecular formula is C93H56BN7. The maximum Gasteiger partial charge on any atom is 0.252 e. The van der Waals surface area contributed by atoms with Gasteiger partial charge in [0.25, 0.3) is 6.71 Å². The highest BCUT2D eigenvalue weighted by molar-refractivity contribution is 7.00. The van der Waals surface area contributed by atoms with Crippen molar-refractivity contribution in [1.29, 1.82) is 0 Å². The van der Waals surface area contributed by atoms with Crippen LogP contribution in [0.25, 0.3) is 187 Å². The van der Waals surface area contributed by atoms with Gasteiger partial charge in [-0.15, -0.1) is 0 Å². The van der Waals surface area contributed by atoms with Gasteiger partial charge in [-0.2, -0.15) is 0 Å². The molecule has 101 heavy (non-hydrogen) atoms. The fraction of sp³-hybridized carbons (Fsp3) is 0. The summed E-state index contributed by atoms with van der Waals surface area (Å²) in [5.74, 6) is -0.186. The van der Waals surface area contributed by atoms with Gasteiger partial charge in [0.15, 0.2) is 5.82 Å². The Balaban J connectivity index is 1.14. The van der Waals surface area contributed by atoms with Gasteiger partial charge >= 0.3 is 0 Å². The summed E-state index contributed by atoms with van der Waals surface area (Å²) >= 11 is 0. The fourth-order valence-corrected chi connectivity index (χ4v) is 16.2. The number of rotatable bonds is 5. The van der Waals surface area contributed by atoms with Crippen LogP contribution in [0, 0.1) is 0 Å². The Morgan fingerprint density at radius 2 is 0.604 bits per heavy atom. The predicted octanol–water partition coefficient (Wildman–Crippen LogP) is 21.3. The molecule has 0 saturated carbocycles. The number of nitrogens with zero attached hydrogens (tertiary/aromatic N) is 7. The number of fused-ring (bicyclic) bond motifs is 24. The number of hydrogen-bond donors (Lipinski definition) is 0. The van der Waals surface area contributed by atoms with E-state index in [1.165, 1.54) is 21.8 Å². The molecule has 7 nitrogen and oxygen atoms in total. The molecule has 15 aromatic carbocycles. The number of aromatic nitrogens is 7. The second-order valence-corrected chi connectivity index (χ2v) is 25.2. The molecular weight excluding hydrogens is 1230 g/mol. The first-order chi connectivity index (χ1) is 59.4. The van der Waals surface area contributed by atoms with E-state index in [0.717, 1.165) is 0 Å². The van der Waals surface area contributed by atoms with E-state index in [9.17, 15) is 30.2 Å². The van der Waals surface area contributed by atoms with Gasteiger partial charge in [-0.05, 0) is 119 Å². The lowest BCUT2D eigenvalue weighted by Gasteiger charge is -2.37. The van der Waals surface area contributed by atoms with Crippen molar-refractivity contribution in [3.63, 3.8) is 0 Å². The fourth-order valence-electron chi connectivity index (χ4n) is 16.2. The highest BCUT2D eigenvalue weighted by atomic mass is 15.1. The first-order valence-corrected chi connectivity index (χ1v) is 32.9. The lowest BCUT2D eigenvalue weighted by molar-refractivity contribution is 1.05. The molecule has 466 valence electrons. The van der Waals surface area contributed by atoms with Gasteiger partial charge in [-0.25, -0.2) is 15.0 Å². The summed E-state index contributed by atoms with van der Waals surface area (Å²) in [4.78, 5) is 14.0. The van der Waals surface area contributed by atoms with Crippen molar-refractivity contribution in [2.75, 3.05) is 0 Å². The zero-order chi connectivity index (χ0) is 85.1. The minimum Gasteiger partial charge on any atom is -0.309 e. The van der Waals surface area contributed by atoms with Crippen molar-refractivity contribution in [2.24, 2.45) is 0 Å². The molecule has 0 saturated heterocycles. The topological polar surface area (TPSA) is 58.4 Å². The highest BCUT2D eigenvalue weighted by Gasteiger charge is 2.42. The van der Waals surface area contributed by atoms with Crippen molar-refractivity contribution in [1.82, 2.24) is 33.2 Å². The minimum atomic E-state index is -1.80. The predicted molar refractivity (Wildman–Crippen MR) is 423 cm³/mol. The Bertz CT molecular complexity index is 7920. The van der Waals surface area contributed by atoms with Gasteiger partial charge in [0, 0.05) is 71.2 Å². The van der Waals surface area contributed by atoms with Crippen LogP contribution in [0.1, 0.15) is 30.2 Å². The van der Waals surface area contributed by atoms with E-state index >= 15 is 0 Å². The Kier molecular flexibility index (Phi) is 8.21. The van der Waals surface area contributed by atoms with Gasteiger partial charge in [0.2, 0.25) is 0 Å². The summed E-state index contributed by atoms with van der Waals surface area (Å²) in [6.07, 6.45) is 2.47. The molecule has 0 atom stereocenters. The summed E-state index contributed by atoms with van der Waals surface area (Å²) in [5, 5.41) is 3.53. The van der Waals surface area contributed by atoms with E-state index < -0.39 is 162 Å². The Morgan fingerprint density at radius 1 is 0.267 bits per heavy atom. The van der Waals surface area contributed by atoms with E-state index in [2.05, 4.69) is 4.98 Å². The second-order valence-electron chi connectivity index (χ2n) is 25.2. The Labute approximate surface area is 610 Å². The van der Waals surface area contributed by atoms with Gasteiger partial charge in [-0.1, -0.05) is 279 Å². The minimum absolute atomic E-state index is 0.0172. The van der Waals surface area contributed by atoms with Gasteiger partial charge in [-0.3, -0.25) is 0 Å². The maximum atomic E-state index is 11.8. The summed E-state index contributed by atoms with van der Waals surface area (Å²) in [6.45, 7) is -1.80. The smallest absolute Gasteiger partial charge is 0.252 e. The molecule has 22 rings (SSSR count). The van der Waals surface area contributed by atoms with Crippen LogP contribution in [0.15, 0.2) is 340 Å². The van der Waals surface area contributed by atoms with Crippen LogP contribution in [0.4, 0.5) is 0 Å². The van der Waals surface area contributed by atoms with Crippen LogP contribution < -0.4 is 16.4 Å². The SMILES string of the molecule is [2H]c1c(-c2ncncn2)c([2H])c2c3c1-n1c4c(-c5ccccc5)cccc4c4ccccc4c4ccccc4c4c(-n5c6c([2H])c([2H])c([2H])c([2H])c6c6c([2H])c([2H])c([2H])c([2H])c65)c([2H])c([2H])c(c41)B3c1c([2H])c([2H])c(-n3c4c([2H])c([2H])c([2H])c([2H])c4c4c([2H])c([2H])c([2H])c([2H])c43)c3c4ccccc4c4ccccc4c4cccc(-c5ccccc5)c4n-2c13.